The SMILES string of the molecule is CCOCCC1(CNC(=NC)N2CCN(C(C)C(=O)N3CCCC3)CC2)CCCC1.I. The van der Waals surface area contributed by atoms with Gasteiger partial charge in [-0.3, -0.25) is 14.7 Å². The van der Waals surface area contributed by atoms with Crippen LogP contribution in [0.5, 0.6) is 0 Å². The predicted molar refractivity (Wildman–Crippen MR) is 137 cm³/mol. The number of rotatable bonds is 8. The zero-order valence-corrected chi connectivity index (χ0v) is 22.2. The van der Waals surface area contributed by atoms with Crippen LogP contribution >= 0.6 is 24.0 Å². The molecule has 8 heteroatoms. The Morgan fingerprint density at radius 2 is 1.68 bits per heavy atom. The number of guanidine groups is 1. The van der Waals surface area contributed by atoms with Gasteiger partial charge in [-0.25, -0.2) is 0 Å². The van der Waals surface area contributed by atoms with Gasteiger partial charge in [-0.15, -0.1) is 24.0 Å². The second-order valence-corrected chi connectivity index (χ2v) is 9.29. The number of hydrogen-bond acceptors (Lipinski definition) is 4. The molecule has 0 radical (unpaired) electrons. The Labute approximate surface area is 206 Å². The van der Waals surface area contributed by atoms with Gasteiger partial charge in [0.25, 0.3) is 0 Å². The molecular weight excluding hydrogens is 505 g/mol. The zero-order valence-electron chi connectivity index (χ0n) is 19.9. The summed E-state index contributed by atoms with van der Waals surface area (Å²) in [7, 11) is 1.88. The number of hydrogen-bond donors (Lipinski definition) is 1. The average molecular weight is 550 g/mol. The van der Waals surface area contributed by atoms with Crippen molar-refractivity contribution in [3.8, 4) is 0 Å². The van der Waals surface area contributed by atoms with Gasteiger partial charge in [0, 0.05) is 66.1 Å². The van der Waals surface area contributed by atoms with Gasteiger partial charge in [-0.05, 0) is 51.4 Å². The lowest BCUT2D eigenvalue weighted by atomic mass is 9.83. The van der Waals surface area contributed by atoms with Gasteiger partial charge in [0.1, 0.15) is 0 Å². The third-order valence-corrected chi connectivity index (χ3v) is 7.42. The fraction of sp³-hybridized carbons (Fsp3) is 0.913. The Morgan fingerprint density at radius 3 is 2.26 bits per heavy atom. The van der Waals surface area contributed by atoms with E-state index in [1.54, 1.807) is 0 Å². The van der Waals surface area contributed by atoms with Gasteiger partial charge < -0.3 is 19.9 Å². The van der Waals surface area contributed by atoms with E-state index >= 15 is 0 Å². The number of halogens is 1. The molecule has 1 N–H and O–H groups in total. The molecule has 31 heavy (non-hydrogen) atoms. The summed E-state index contributed by atoms with van der Waals surface area (Å²) in [4.78, 5) is 24.0. The van der Waals surface area contributed by atoms with Crippen molar-refractivity contribution in [3.05, 3.63) is 0 Å². The lowest BCUT2D eigenvalue weighted by Gasteiger charge is -2.40. The zero-order chi connectivity index (χ0) is 21.4. The van der Waals surface area contributed by atoms with Crippen LogP contribution in [0.1, 0.15) is 58.8 Å². The fourth-order valence-electron chi connectivity index (χ4n) is 5.35. The monoisotopic (exact) mass is 549 g/mol. The number of aliphatic imine (C=N–C) groups is 1. The summed E-state index contributed by atoms with van der Waals surface area (Å²) < 4.78 is 5.66. The molecule has 1 saturated carbocycles. The molecule has 1 aliphatic carbocycles. The van der Waals surface area contributed by atoms with Gasteiger partial charge >= 0.3 is 0 Å². The molecule has 3 aliphatic rings. The minimum absolute atomic E-state index is 0. The predicted octanol–water partition coefficient (Wildman–Crippen LogP) is 2.80. The molecule has 0 bridgehead atoms. The lowest BCUT2D eigenvalue weighted by molar-refractivity contribution is -0.135. The molecule has 1 amide bonds. The van der Waals surface area contributed by atoms with Gasteiger partial charge in [0.2, 0.25) is 5.91 Å². The summed E-state index contributed by atoms with van der Waals surface area (Å²) in [6, 6.07) is -0.0134. The van der Waals surface area contributed by atoms with Gasteiger partial charge in [-0.1, -0.05) is 12.8 Å². The van der Waals surface area contributed by atoms with E-state index in [1.807, 2.05) is 11.9 Å². The average Bonchev–Trinajstić information content (AvgIpc) is 3.47. The molecule has 0 aromatic carbocycles. The molecule has 0 spiro atoms. The summed E-state index contributed by atoms with van der Waals surface area (Å²) in [5, 5.41) is 3.69. The van der Waals surface area contributed by atoms with Gasteiger partial charge in [0.05, 0.1) is 6.04 Å². The van der Waals surface area contributed by atoms with Crippen LogP contribution in [0.4, 0.5) is 0 Å². The summed E-state index contributed by atoms with van der Waals surface area (Å²) in [6.45, 7) is 12.3. The lowest BCUT2D eigenvalue weighted by Crippen LogP contribution is -2.57. The van der Waals surface area contributed by atoms with Crippen LogP contribution in [-0.4, -0.2) is 98.7 Å². The van der Waals surface area contributed by atoms with E-state index in [4.69, 9.17) is 4.74 Å². The van der Waals surface area contributed by atoms with Crippen molar-refractivity contribution in [2.75, 3.05) is 66.1 Å². The van der Waals surface area contributed by atoms with E-state index in [-0.39, 0.29) is 30.0 Å². The number of piperazine rings is 1. The normalized spacial score (nSPS) is 23.0. The largest absolute Gasteiger partial charge is 0.382 e. The highest BCUT2D eigenvalue weighted by atomic mass is 127. The standard InChI is InChI=1S/C23H43N5O2.HI/c1-4-30-18-11-23(9-5-6-10-23)19-25-22(24-3)28-16-14-26(15-17-28)20(2)21(29)27-12-7-8-13-27;/h20H,4-19H2,1-3H3,(H,24,25);1H. The van der Waals surface area contributed by atoms with Crippen molar-refractivity contribution in [3.63, 3.8) is 0 Å². The van der Waals surface area contributed by atoms with Crippen molar-refractivity contribution in [1.82, 2.24) is 20.0 Å². The van der Waals surface area contributed by atoms with Crippen molar-refractivity contribution in [1.29, 1.82) is 0 Å². The third-order valence-electron chi connectivity index (χ3n) is 7.42. The Kier molecular flexibility index (Phi) is 11.3. The molecule has 180 valence electrons. The maximum absolute atomic E-state index is 12.7. The van der Waals surface area contributed by atoms with Crippen LogP contribution in [-0.2, 0) is 9.53 Å². The second-order valence-electron chi connectivity index (χ2n) is 9.29. The van der Waals surface area contributed by atoms with E-state index < -0.39 is 0 Å². The number of nitrogens with one attached hydrogen (secondary N) is 1. The van der Waals surface area contributed by atoms with Gasteiger partial charge in [-0.2, -0.15) is 0 Å². The van der Waals surface area contributed by atoms with E-state index in [1.165, 1.54) is 25.7 Å². The summed E-state index contributed by atoms with van der Waals surface area (Å²) >= 11 is 0. The smallest absolute Gasteiger partial charge is 0.239 e. The van der Waals surface area contributed by atoms with Crippen LogP contribution in [0.15, 0.2) is 4.99 Å². The summed E-state index contributed by atoms with van der Waals surface area (Å²) in [5.41, 5.74) is 0.351. The Balaban J connectivity index is 0.00000341. The molecule has 2 saturated heterocycles. The minimum atomic E-state index is -0.0134. The van der Waals surface area contributed by atoms with Crippen molar-refractivity contribution in [2.24, 2.45) is 10.4 Å². The van der Waals surface area contributed by atoms with E-state index in [0.29, 0.717) is 11.3 Å². The molecule has 7 nitrogen and oxygen atoms in total. The van der Waals surface area contributed by atoms with Crippen molar-refractivity contribution < 1.29 is 9.53 Å². The highest BCUT2D eigenvalue weighted by Crippen LogP contribution is 2.40. The Hall–Kier alpha value is -0.610. The maximum Gasteiger partial charge on any atom is 0.239 e. The van der Waals surface area contributed by atoms with Crippen molar-refractivity contribution in [2.45, 2.75) is 64.8 Å². The highest BCUT2D eigenvalue weighted by Gasteiger charge is 2.35. The van der Waals surface area contributed by atoms with Crippen LogP contribution in [0.25, 0.3) is 0 Å². The summed E-state index contributed by atoms with van der Waals surface area (Å²) in [6.07, 6.45) is 8.67. The second kappa shape index (κ2) is 13.2. The maximum atomic E-state index is 12.7. The van der Waals surface area contributed by atoms with Crippen LogP contribution in [0, 0.1) is 5.41 Å². The Morgan fingerprint density at radius 1 is 1.03 bits per heavy atom. The first-order valence-electron chi connectivity index (χ1n) is 12.1. The molecule has 3 rings (SSSR count). The topological polar surface area (TPSA) is 60.4 Å². The van der Waals surface area contributed by atoms with Crippen molar-refractivity contribution >= 4 is 35.8 Å². The number of carbonyl (C=O) groups excluding carboxylic acids is 1. The molecule has 2 aliphatic heterocycles. The number of ether oxygens (including phenoxy) is 1. The van der Waals surface area contributed by atoms with E-state index in [0.717, 1.165) is 84.2 Å². The highest BCUT2D eigenvalue weighted by molar-refractivity contribution is 14.0. The number of nitrogens with zero attached hydrogens (tertiary/aromatic N) is 4. The van der Waals surface area contributed by atoms with Crippen LogP contribution in [0.3, 0.4) is 0 Å². The quantitative estimate of drug-likeness (QED) is 0.219. The molecule has 1 atom stereocenters. The number of likely N-dealkylation sites (tertiary alicyclic amines) is 1. The molecule has 1 unspecified atom stereocenters. The first-order valence-corrected chi connectivity index (χ1v) is 12.1. The van der Waals surface area contributed by atoms with Gasteiger partial charge in [0.15, 0.2) is 5.96 Å². The first-order chi connectivity index (χ1) is 14.6. The molecule has 0 aromatic rings. The molecule has 2 heterocycles. The van der Waals surface area contributed by atoms with E-state index in [9.17, 15) is 4.79 Å². The molecule has 3 fully saturated rings. The van der Waals surface area contributed by atoms with E-state index in [2.05, 4.69) is 34.0 Å². The molecular formula is C23H44IN5O2. The van der Waals surface area contributed by atoms with Crippen LogP contribution in [0.2, 0.25) is 0 Å². The fourth-order valence-corrected chi connectivity index (χ4v) is 5.35. The number of carbonyl (C=O) groups is 1. The number of amides is 1. The first kappa shape index (κ1) is 26.6. The molecule has 0 aromatic heterocycles. The van der Waals surface area contributed by atoms with Crippen LogP contribution < -0.4 is 5.32 Å². The summed E-state index contributed by atoms with van der Waals surface area (Å²) in [5.74, 6) is 1.32. The Bertz CT molecular complexity index is 568. The minimum Gasteiger partial charge on any atom is -0.382 e. The third kappa shape index (κ3) is 7.19.